The summed E-state index contributed by atoms with van der Waals surface area (Å²) in [5.74, 6) is 0. The summed E-state index contributed by atoms with van der Waals surface area (Å²) in [5, 5.41) is 4.77. The van der Waals surface area contributed by atoms with Gasteiger partial charge < -0.3 is 0 Å². The van der Waals surface area contributed by atoms with Gasteiger partial charge in [-0.3, -0.25) is 4.79 Å². The zero-order chi connectivity index (χ0) is 18.9. The van der Waals surface area contributed by atoms with Gasteiger partial charge in [0, 0.05) is 5.02 Å². The van der Waals surface area contributed by atoms with Crippen LogP contribution in [0, 0.1) is 6.92 Å². The van der Waals surface area contributed by atoms with Crippen molar-refractivity contribution < 1.29 is 13.2 Å². The molecule has 7 heteroatoms. The molecule has 0 saturated carbocycles. The molecule has 0 fully saturated rings. The molecule has 3 nitrogen and oxygen atoms in total. The average Bonchev–Trinajstić information content (AvgIpc) is 2.59. The van der Waals surface area contributed by atoms with E-state index in [1.165, 1.54) is 22.9 Å². The fraction of sp³-hybridized carbons (Fsp3) is 0.158. The highest BCUT2D eigenvalue weighted by molar-refractivity contribution is 6.30. The maximum atomic E-state index is 13.0. The molecule has 26 heavy (non-hydrogen) atoms. The summed E-state index contributed by atoms with van der Waals surface area (Å²) >= 11 is 5.85. The number of nitrogens with zero attached hydrogens (tertiary/aromatic N) is 2. The van der Waals surface area contributed by atoms with Crippen molar-refractivity contribution in [3.05, 3.63) is 86.8 Å². The van der Waals surface area contributed by atoms with E-state index in [1.54, 1.807) is 31.2 Å². The highest BCUT2D eigenvalue weighted by Gasteiger charge is 2.30. The van der Waals surface area contributed by atoms with Gasteiger partial charge in [0.1, 0.15) is 0 Å². The third kappa shape index (κ3) is 3.96. The first kappa shape index (κ1) is 18.2. The van der Waals surface area contributed by atoms with Gasteiger partial charge >= 0.3 is 6.18 Å². The molecule has 3 aromatic rings. The van der Waals surface area contributed by atoms with Gasteiger partial charge in [-0.05, 0) is 48.4 Å². The number of alkyl halides is 3. The van der Waals surface area contributed by atoms with E-state index in [0.717, 1.165) is 17.7 Å². The van der Waals surface area contributed by atoms with Gasteiger partial charge in [0.15, 0.2) is 0 Å². The molecule has 0 unspecified atom stereocenters. The Bertz CT molecular complexity index is 995. The second-order valence-corrected chi connectivity index (χ2v) is 6.30. The molecule has 0 aliphatic rings. The lowest BCUT2D eigenvalue weighted by Crippen LogP contribution is -2.25. The predicted molar refractivity (Wildman–Crippen MR) is 94.2 cm³/mol. The van der Waals surface area contributed by atoms with Crippen molar-refractivity contribution in [1.29, 1.82) is 0 Å². The Labute approximate surface area is 152 Å². The van der Waals surface area contributed by atoms with Crippen molar-refractivity contribution in [2.75, 3.05) is 0 Å². The molecule has 0 spiro atoms. The van der Waals surface area contributed by atoms with E-state index >= 15 is 0 Å². The lowest BCUT2D eigenvalue weighted by atomic mass is 10.0. The number of aryl methyl sites for hydroxylation is 1. The Balaban J connectivity index is 2.05. The first-order valence-electron chi connectivity index (χ1n) is 7.75. The number of rotatable bonds is 3. The van der Waals surface area contributed by atoms with Crippen molar-refractivity contribution in [2.24, 2.45) is 0 Å². The predicted octanol–water partition coefficient (Wildman–Crippen LogP) is 4.94. The largest absolute Gasteiger partial charge is 0.416 e. The monoisotopic (exact) mass is 378 g/mol. The molecular weight excluding hydrogens is 365 g/mol. The van der Waals surface area contributed by atoms with E-state index in [4.69, 9.17) is 11.6 Å². The molecule has 0 radical (unpaired) electrons. The van der Waals surface area contributed by atoms with Crippen LogP contribution in [0.25, 0.3) is 11.1 Å². The van der Waals surface area contributed by atoms with Crippen LogP contribution < -0.4 is 5.56 Å². The van der Waals surface area contributed by atoms with Gasteiger partial charge in [0.2, 0.25) is 0 Å². The van der Waals surface area contributed by atoms with Gasteiger partial charge in [0.05, 0.1) is 23.4 Å². The zero-order valence-corrected chi connectivity index (χ0v) is 14.5. The molecule has 0 N–H and O–H groups in total. The number of benzene rings is 2. The first-order valence-corrected chi connectivity index (χ1v) is 8.13. The number of aromatic nitrogens is 2. The summed E-state index contributed by atoms with van der Waals surface area (Å²) in [7, 11) is 0. The topological polar surface area (TPSA) is 34.9 Å². The minimum Gasteiger partial charge on any atom is -0.267 e. The average molecular weight is 379 g/mol. The summed E-state index contributed by atoms with van der Waals surface area (Å²) in [5.41, 5.74) is 0.478. The van der Waals surface area contributed by atoms with Crippen LogP contribution >= 0.6 is 11.6 Å². The van der Waals surface area contributed by atoms with Crippen molar-refractivity contribution in [3.8, 4) is 11.1 Å². The molecule has 0 saturated heterocycles. The molecule has 1 aromatic heterocycles. The van der Waals surface area contributed by atoms with Gasteiger partial charge in [-0.1, -0.05) is 35.9 Å². The van der Waals surface area contributed by atoms with E-state index < -0.39 is 17.3 Å². The van der Waals surface area contributed by atoms with Crippen molar-refractivity contribution >= 4 is 11.6 Å². The van der Waals surface area contributed by atoms with Gasteiger partial charge in [-0.15, -0.1) is 0 Å². The Morgan fingerprint density at radius 1 is 1.08 bits per heavy atom. The lowest BCUT2D eigenvalue weighted by Gasteiger charge is -2.11. The van der Waals surface area contributed by atoms with Crippen LogP contribution in [0.3, 0.4) is 0 Å². The number of halogens is 4. The minimum absolute atomic E-state index is 0.178. The second-order valence-electron chi connectivity index (χ2n) is 5.87. The fourth-order valence-corrected chi connectivity index (χ4v) is 2.74. The summed E-state index contributed by atoms with van der Waals surface area (Å²) in [4.78, 5) is 12.7. The second kappa shape index (κ2) is 6.96. The quantitative estimate of drug-likeness (QED) is 0.647. The third-order valence-electron chi connectivity index (χ3n) is 3.84. The van der Waals surface area contributed by atoms with Crippen molar-refractivity contribution in [2.45, 2.75) is 19.6 Å². The first-order chi connectivity index (χ1) is 12.2. The summed E-state index contributed by atoms with van der Waals surface area (Å²) in [6.07, 6.45) is -4.47. The van der Waals surface area contributed by atoms with E-state index in [1.807, 2.05) is 0 Å². The summed E-state index contributed by atoms with van der Waals surface area (Å²) in [6.45, 7) is 1.89. The van der Waals surface area contributed by atoms with E-state index in [2.05, 4.69) is 5.10 Å². The smallest absolute Gasteiger partial charge is 0.267 e. The van der Waals surface area contributed by atoms with E-state index in [-0.39, 0.29) is 17.7 Å². The summed E-state index contributed by atoms with van der Waals surface area (Å²) in [6, 6.07) is 13.2. The molecule has 3 rings (SSSR count). The number of hydrogen-bond donors (Lipinski definition) is 0. The minimum atomic E-state index is -4.47. The molecule has 0 aliphatic heterocycles. The third-order valence-corrected chi connectivity index (χ3v) is 4.09. The molecule has 1 heterocycles. The van der Waals surface area contributed by atoms with Crippen LogP contribution in [0.4, 0.5) is 13.2 Å². The van der Waals surface area contributed by atoms with Gasteiger partial charge in [0.25, 0.3) is 5.56 Å². The van der Waals surface area contributed by atoms with Crippen LogP contribution in [-0.4, -0.2) is 9.78 Å². The van der Waals surface area contributed by atoms with Crippen LogP contribution in [0.15, 0.2) is 59.4 Å². The van der Waals surface area contributed by atoms with Gasteiger partial charge in [-0.25, -0.2) is 4.68 Å². The Hall–Kier alpha value is -2.60. The molecule has 0 aliphatic carbocycles. The van der Waals surface area contributed by atoms with Crippen molar-refractivity contribution in [1.82, 2.24) is 9.78 Å². The van der Waals surface area contributed by atoms with Crippen molar-refractivity contribution in [3.63, 3.8) is 0 Å². The molecule has 0 atom stereocenters. The molecular formula is C19H14ClF3N2O. The normalized spacial score (nSPS) is 11.6. The molecule has 2 aromatic carbocycles. The number of hydrogen-bond acceptors (Lipinski definition) is 2. The van der Waals surface area contributed by atoms with Crippen LogP contribution in [0.2, 0.25) is 5.02 Å². The zero-order valence-electron chi connectivity index (χ0n) is 13.7. The molecule has 0 bridgehead atoms. The maximum absolute atomic E-state index is 13.0. The van der Waals surface area contributed by atoms with Crippen LogP contribution in [-0.2, 0) is 12.7 Å². The van der Waals surface area contributed by atoms with Crippen LogP contribution in [0.1, 0.15) is 16.8 Å². The molecule has 134 valence electrons. The van der Waals surface area contributed by atoms with E-state index in [0.29, 0.717) is 10.7 Å². The molecule has 0 amide bonds. The SMILES string of the molecule is Cc1cc(-c2cccc(C(F)(F)F)c2)c(=O)n(Cc2ccc(Cl)cc2)n1. The Kier molecular flexibility index (Phi) is 4.87. The van der Waals surface area contributed by atoms with Crippen LogP contribution in [0.5, 0.6) is 0 Å². The standard InChI is InChI=1S/C19H14ClF3N2O/c1-12-9-17(14-3-2-4-15(10-14)19(21,22)23)18(26)25(24-12)11-13-5-7-16(20)8-6-13/h2-10H,11H2,1H3. The Morgan fingerprint density at radius 2 is 1.77 bits per heavy atom. The highest BCUT2D eigenvalue weighted by atomic mass is 35.5. The highest BCUT2D eigenvalue weighted by Crippen LogP contribution is 2.31. The maximum Gasteiger partial charge on any atom is 0.416 e. The lowest BCUT2D eigenvalue weighted by molar-refractivity contribution is -0.137. The van der Waals surface area contributed by atoms with E-state index in [9.17, 15) is 18.0 Å². The summed E-state index contributed by atoms with van der Waals surface area (Å²) < 4.78 is 40.1. The van der Waals surface area contributed by atoms with Gasteiger partial charge in [-0.2, -0.15) is 18.3 Å². The fourth-order valence-electron chi connectivity index (χ4n) is 2.61. The Morgan fingerprint density at radius 3 is 2.42 bits per heavy atom.